The third-order valence-electron chi connectivity index (χ3n) is 6.02. The van der Waals surface area contributed by atoms with Gasteiger partial charge in [-0.25, -0.2) is 23.5 Å². The molecule has 12 heteroatoms. The van der Waals surface area contributed by atoms with Crippen molar-refractivity contribution in [1.29, 1.82) is 0 Å². The predicted octanol–water partition coefficient (Wildman–Crippen LogP) is 4.22. The number of halogens is 5. The Kier molecular flexibility index (Phi) is 5.15. The molecular formula is C21H20F5N5O2. The summed E-state index contributed by atoms with van der Waals surface area (Å²) in [6.07, 6.45) is -5.95. The Morgan fingerprint density at radius 3 is 2.48 bits per heavy atom. The van der Waals surface area contributed by atoms with Crippen LogP contribution in [-0.4, -0.2) is 48.2 Å². The number of fused-ring (bicyclic) bond motifs is 1. The number of ether oxygens (including phenoxy) is 1. The fraction of sp³-hybridized carbons (Fsp3) is 0.476. The maximum Gasteiger partial charge on any atom is 0.416 e. The number of hydrogen-bond donors (Lipinski definition) is 2. The number of nitrogens with zero attached hydrogens (tertiary/aromatic N) is 3. The van der Waals surface area contributed by atoms with Gasteiger partial charge in [-0.1, -0.05) is 0 Å². The van der Waals surface area contributed by atoms with Gasteiger partial charge in [-0.2, -0.15) is 13.2 Å². The topological polar surface area (TPSA) is 79.4 Å². The number of aromatic nitrogens is 2. The number of nitrogens with one attached hydrogen (secondary N) is 2. The molecule has 3 aliphatic rings. The van der Waals surface area contributed by atoms with Gasteiger partial charge < -0.3 is 15.0 Å². The van der Waals surface area contributed by atoms with E-state index in [1.807, 2.05) is 0 Å². The summed E-state index contributed by atoms with van der Waals surface area (Å²) in [5, 5.41) is 5.40. The second kappa shape index (κ2) is 7.79. The second-order valence-corrected chi connectivity index (χ2v) is 8.31. The number of rotatable bonds is 4. The van der Waals surface area contributed by atoms with Crippen LogP contribution in [0.2, 0.25) is 0 Å². The van der Waals surface area contributed by atoms with Gasteiger partial charge in [0.1, 0.15) is 11.6 Å². The van der Waals surface area contributed by atoms with Gasteiger partial charge in [0.2, 0.25) is 0 Å². The highest BCUT2D eigenvalue weighted by Gasteiger charge is 2.57. The largest absolute Gasteiger partial charge is 0.434 e. The Labute approximate surface area is 185 Å². The zero-order chi connectivity index (χ0) is 23.4. The summed E-state index contributed by atoms with van der Waals surface area (Å²) in [6, 6.07) is 3.10. The van der Waals surface area contributed by atoms with E-state index in [1.54, 1.807) is 4.90 Å². The van der Waals surface area contributed by atoms with E-state index in [0.29, 0.717) is 26.2 Å². The van der Waals surface area contributed by atoms with Crippen LogP contribution in [0.15, 0.2) is 24.4 Å². The summed E-state index contributed by atoms with van der Waals surface area (Å²) >= 11 is 0. The van der Waals surface area contributed by atoms with Crippen molar-refractivity contribution in [3.05, 3.63) is 35.5 Å². The van der Waals surface area contributed by atoms with Gasteiger partial charge in [0, 0.05) is 43.9 Å². The molecule has 4 heterocycles. The quantitative estimate of drug-likeness (QED) is 0.653. The normalized spacial score (nSPS) is 21.3. The highest BCUT2D eigenvalue weighted by molar-refractivity contribution is 5.89. The Balaban J connectivity index is 1.67. The molecule has 0 bridgehead atoms. The molecule has 2 aliphatic heterocycles. The molecule has 2 aromatic rings. The van der Waals surface area contributed by atoms with E-state index in [4.69, 9.17) is 4.74 Å². The second-order valence-electron chi connectivity index (χ2n) is 8.31. The molecule has 1 atom stereocenters. The first-order chi connectivity index (χ1) is 15.6. The predicted molar refractivity (Wildman–Crippen MR) is 108 cm³/mol. The van der Waals surface area contributed by atoms with Crippen LogP contribution in [0, 0.1) is 5.92 Å². The van der Waals surface area contributed by atoms with Crippen molar-refractivity contribution in [3.63, 3.8) is 0 Å². The minimum absolute atomic E-state index is 0.00723. The Morgan fingerprint density at radius 2 is 1.82 bits per heavy atom. The molecule has 1 aliphatic carbocycles. The lowest BCUT2D eigenvalue weighted by molar-refractivity contribution is -0.137. The third kappa shape index (κ3) is 4.07. The highest BCUT2D eigenvalue weighted by Crippen LogP contribution is 2.54. The van der Waals surface area contributed by atoms with Crippen molar-refractivity contribution in [2.45, 2.75) is 31.0 Å². The molecule has 5 rings (SSSR count). The minimum Gasteiger partial charge on any atom is -0.434 e. The lowest BCUT2D eigenvalue weighted by atomic mass is 9.93. The number of hydrogen-bond acceptors (Lipinski definition) is 6. The van der Waals surface area contributed by atoms with Crippen molar-refractivity contribution >= 4 is 17.7 Å². The maximum atomic E-state index is 15.1. The van der Waals surface area contributed by atoms with E-state index in [0.717, 1.165) is 12.1 Å². The smallest absolute Gasteiger partial charge is 0.416 e. The van der Waals surface area contributed by atoms with Gasteiger partial charge in [0.25, 0.3) is 5.92 Å². The van der Waals surface area contributed by atoms with E-state index >= 15 is 8.78 Å². The van der Waals surface area contributed by atoms with E-state index in [-0.39, 0.29) is 41.3 Å². The molecule has 33 heavy (non-hydrogen) atoms. The molecule has 0 unspecified atom stereocenters. The summed E-state index contributed by atoms with van der Waals surface area (Å²) in [5.74, 6) is -4.44. The average molecular weight is 469 g/mol. The SMILES string of the molecule is O=C1Nc2nccc(-c3cc(C(F)(F)F)cc(N4CCNCC4)n3)c2[C@H](C(F)(F)C2CC2)O1. The van der Waals surface area contributed by atoms with Gasteiger partial charge >= 0.3 is 12.3 Å². The Bertz CT molecular complexity index is 1080. The summed E-state index contributed by atoms with van der Waals surface area (Å²) in [7, 11) is 0. The fourth-order valence-electron chi connectivity index (χ4n) is 4.18. The van der Waals surface area contributed by atoms with Gasteiger partial charge in [0.15, 0.2) is 6.10 Å². The van der Waals surface area contributed by atoms with Gasteiger partial charge in [-0.3, -0.25) is 5.32 Å². The molecule has 1 amide bonds. The van der Waals surface area contributed by atoms with Crippen LogP contribution >= 0.6 is 0 Å². The number of anilines is 2. The molecule has 176 valence electrons. The first-order valence-electron chi connectivity index (χ1n) is 10.5. The number of piperazine rings is 1. The summed E-state index contributed by atoms with van der Waals surface area (Å²) in [5.41, 5.74) is -1.26. The van der Waals surface area contributed by atoms with Crippen molar-refractivity contribution in [1.82, 2.24) is 15.3 Å². The van der Waals surface area contributed by atoms with Crippen molar-refractivity contribution in [2.24, 2.45) is 5.92 Å². The standard InChI is InChI=1S/C21H20F5N5O2/c22-20(23,11-1-2-11)17-16-13(3-4-28-18(16)30-19(32)33-17)14-9-12(21(24,25)26)10-15(29-14)31-7-5-27-6-8-31/h3-4,9-11,17,27H,1-2,5-8H2,(H,28,30,32)/t17-/m1/s1. The monoisotopic (exact) mass is 469 g/mol. The molecule has 2 fully saturated rings. The fourth-order valence-corrected chi connectivity index (χ4v) is 4.18. The maximum absolute atomic E-state index is 15.1. The minimum atomic E-state index is -4.67. The lowest BCUT2D eigenvalue weighted by Crippen LogP contribution is -2.44. The van der Waals surface area contributed by atoms with Crippen molar-refractivity contribution < 1.29 is 31.5 Å². The van der Waals surface area contributed by atoms with Crippen LogP contribution in [-0.2, 0) is 10.9 Å². The summed E-state index contributed by atoms with van der Waals surface area (Å²) < 4.78 is 76.4. The summed E-state index contributed by atoms with van der Waals surface area (Å²) in [6.45, 7) is 2.05. The Hall–Kier alpha value is -3.02. The lowest BCUT2D eigenvalue weighted by Gasteiger charge is -2.33. The van der Waals surface area contributed by atoms with Gasteiger partial charge in [-0.05, 0) is 31.0 Å². The van der Waals surface area contributed by atoms with Crippen LogP contribution in [0.3, 0.4) is 0 Å². The number of cyclic esters (lactones) is 1. The molecule has 1 saturated heterocycles. The number of amides is 1. The number of carbonyl (C=O) groups is 1. The summed E-state index contributed by atoms with van der Waals surface area (Å²) in [4.78, 5) is 22.0. The first-order valence-corrected chi connectivity index (χ1v) is 10.5. The zero-order valence-electron chi connectivity index (χ0n) is 17.3. The number of pyridine rings is 2. The molecule has 0 radical (unpaired) electrons. The van der Waals surface area contributed by atoms with E-state index < -0.39 is 35.8 Å². The van der Waals surface area contributed by atoms with E-state index in [1.165, 1.54) is 12.3 Å². The van der Waals surface area contributed by atoms with Crippen LogP contribution < -0.4 is 15.5 Å². The molecule has 2 N–H and O–H groups in total. The van der Waals surface area contributed by atoms with Crippen LogP contribution in [0.4, 0.5) is 38.4 Å². The van der Waals surface area contributed by atoms with Crippen LogP contribution in [0.1, 0.15) is 30.1 Å². The van der Waals surface area contributed by atoms with Crippen molar-refractivity contribution in [3.8, 4) is 11.3 Å². The zero-order valence-corrected chi connectivity index (χ0v) is 17.3. The molecule has 0 spiro atoms. The molecular weight excluding hydrogens is 449 g/mol. The van der Waals surface area contributed by atoms with E-state index in [9.17, 15) is 18.0 Å². The molecule has 0 aromatic carbocycles. The first kappa shape index (κ1) is 21.8. The Morgan fingerprint density at radius 1 is 1.09 bits per heavy atom. The van der Waals surface area contributed by atoms with Crippen molar-refractivity contribution in [2.75, 3.05) is 36.4 Å². The molecule has 7 nitrogen and oxygen atoms in total. The average Bonchev–Trinajstić information content (AvgIpc) is 3.64. The van der Waals surface area contributed by atoms with Crippen LogP contribution in [0.5, 0.6) is 0 Å². The van der Waals surface area contributed by atoms with E-state index in [2.05, 4.69) is 20.6 Å². The molecule has 2 aromatic heterocycles. The molecule has 1 saturated carbocycles. The van der Waals surface area contributed by atoms with Gasteiger partial charge in [0.05, 0.1) is 16.8 Å². The number of carbonyl (C=O) groups excluding carboxylic acids is 1. The van der Waals surface area contributed by atoms with Gasteiger partial charge in [-0.15, -0.1) is 0 Å². The number of alkyl halides is 5. The van der Waals surface area contributed by atoms with Crippen LogP contribution in [0.25, 0.3) is 11.3 Å². The third-order valence-corrected chi connectivity index (χ3v) is 6.02. The highest BCUT2D eigenvalue weighted by atomic mass is 19.4.